The molecule has 1 aromatic carbocycles. The lowest BCUT2D eigenvalue weighted by atomic mass is 9.86. The van der Waals surface area contributed by atoms with Crippen LogP contribution in [0.15, 0.2) is 60.8 Å². The van der Waals surface area contributed by atoms with Crippen molar-refractivity contribution in [3.63, 3.8) is 0 Å². The molecule has 2 atom stereocenters. The van der Waals surface area contributed by atoms with E-state index in [1.165, 1.54) is 12.1 Å². The van der Waals surface area contributed by atoms with Gasteiger partial charge >= 0.3 is 0 Å². The maximum absolute atomic E-state index is 13.4. The van der Waals surface area contributed by atoms with E-state index in [9.17, 15) is 9.18 Å². The highest BCUT2D eigenvalue weighted by atomic mass is 19.1. The highest BCUT2D eigenvalue weighted by Crippen LogP contribution is 2.36. The van der Waals surface area contributed by atoms with Gasteiger partial charge in [0.1, 0.15) is 5.82 Å². The van der Waals surface area contributed by atoms with Crippen molar-refractivity contribution in [3.05, 3.63) is 72.2 Å². The Kier molecular flexibility index (Phi) is 6.35. The van der Waals surface area contributed by atoms with Gasteiger partial charge < -0.3 is 4.74 Å². The van der Waals surface area contributed by atoms with Crippen LogP contribution in [0.25, 0.3) is 0 Å². The van der Waals surface area contributed by atoms with Gasteiger partial charge in [0, 0.05) is 25.7 Å². The van der Waals surface area contributed by atoms with Crippen LogP contribution in [0.5, 0.6) is 0 Å². The number of nitrogens with zero attached hydrogens (tertiary/aromatic N) is 2. The van der Waals surface area contributed by atoms with Gasteiger partial charge in [-0.1, -0.05) is 37.3 Å². The predicted molar refractivity (Wildman–Crippen MR) is 109 cm³/mol. The number of hydrazine groups is 1. The molecular formula is C23H29FN2O2. The van der Waals surface area contributed by atoms with E-state index in [2.05, 4.69) is 31.7 Å². The first-order valence-corrected chi connectivity index (χ1v) is 9.87. The molecule has 0 saturated carbocycles. The minimum atomic E-state index is -0.608. The first kappa shape index (κ1) is 20.3. The molecule has 1 fully saturated rings. The summed E-state index contributed by atoms with van der Waals surface area (Å²) in [6.07, 6.45) is 10.6. The molecule has 1 amide bonds. The SMILES string of the molecule is C=CCC1(c2ccc(F)cc2)CCN(N(C)C2=CC=CC(C)C2)C(=O)CCO1. The maximum atomic E-state index is 13.4. The number of ether oxygens (including phenoxy) is 1. The lowest BCUT2D eigenvalue weighted by Crippen LogP contribution is -2.49. The second-order valence-corrected chi connectivity index (χ2v) is 7.61. The van der Waals surface area contributed by atoms with Gasteiger partial charge in [-0.3, -0.25) is 14.8 Å². The number of hydrogen-bond acceptors (Lipinski definition) is 3. The molecule has 28 heavy (non-hydrogen) atoms. The normalized spacial score (nSPS) is 25.7. The second-order valence-electron chi connectivity index (χ2n) is 7.61. The maximum Gasteiger partial charge on any atom is 0.243 e. The topological polar surface area (TPSA) is 32.8 Å². The van der Waals surface area contributed by atoms with Crippen LogP contribution in [0.3, 0.4) is 0 Å². The van der Waals surface area contributed by atoms with E-state index in [4.69, 9.17) is 4.74 Å². The molecule has 1 saturated heterocycles. The fraction of sp³-hybridized carbons (Fsp3) is 0.435. The molecular weight excluding hydrogens is 355 g/mol. The fourth-order valence-electron chi connectivity index (χ4n) is 3.97. The average molecular weight is 384 g/mol. The summed E-state index contributed by atoms with van der Waals surface area (Å²) in [5.41, 5.74) is 1.43. The summed E-state index contributed by atoms with van der Waals surface area (Å²) in [5, 5.41) is 3.80. The summed E-state index contributed by atoms with van der Waals surface area (Å²) < 4.78 is 19.6. The number of benzene rings is 1. The zero-order valence-electron chi connectivity index (χ0n) is 16.7. The third-order valence-corrected chi connectivity index (χ3v) is 5.59. The molecule has 0 N–H and O–H groups in total. The Morgan fingerprint density at radius 2 is 2.14 bits per heavy atom. The molecule has 150 valence electrons. The van der Waals surface area contributed by atoms with Crippen molar-refractivity contribution in [2.24, 2.45) is 5.92 Å². The van der Waals surface area contributed by atoms with E-state index in [0.29, 0.717) is 38.3 Å². The lowest BCUT2D eigenvalue weighted by Gasteiger charge is -2.42. The van der Waals surface area contributed by atoms with Crippen LogP contribution >= 0.6 is 0 Å². The molecule has 1 heterocycles. The second kappa shape index (κ2) is 8.74. The van der Waals surface area contributed by atoms with E-state index in [0.717, 1.165) is 17.7 Å². The summed E-state index contributed by atoms with van der Waals surface area (Å²) in [5.74, 6) is 0.234. The summed E-state index contributed by atoms with van der Waals surface area (Å²) in [6, 6.07) is 6.45. The van der Waals surface area contributed by atoms with E-state index in [-0.39, 0.29) is 11.7 Å². The molecule has 1 aliphatic carbocycles. The molecule has 1 aliphatic heterocycles. The van der Waals surface area contributed by atoms with Gasteiger partial charge in [0.05, 0.1) is 18.6 Å². The summed E-state index contributed by atoms with van der Waals surface area (Å²) >= 11 is 0. The number of amides is 1. The lowest BCUT2D eigenvalue weighted by molar-refractivity contribution is -0.156. The van der Waals surface area contributed by atoms with Gasteiger partial charge in [0.15, 0.2) is 0 Å². The Hall–Kier alpha value is -2.40. The van der Waals surface area contributed by atoms with Crippen molar-refractivity contribution in [1.82, 2.24) is 10.0 Å². The van der Waals surface area contributed by atoms with Crippen molar-refractivity contribution in [2.75, 3.05) is 20.2 Å². The molecule has 3 rings (SSSR count). The van der Waals surface area contributed by atoms with Crippen molar-refractivity contribution in [2.45, 2.75) is 38.2 Å². The number of carbonyl (C=O) groups is 1. The van der Waals surface area contributed by atoms with Crippen LogP contribution in [0.2, 0.25) is 0 Å². The van der Waals surface area contributed by atoms with Gasteiger partial charge in [0.2, 0.25) is 5.91 Å². The van der Waals surface area contributed by atoms with Crippen LogP contribution in [-0.4, -0.2) is 36.1 Å². The first-order chi connectivity index (χ1) is 13.4. The van der Waals surface area contributed by atoms with Gasteiger partial charge in [-0.15, -0.1) is 6.58 Å². The number of rotatable bonds is 5. The van der Waals surface area contributed by atoms with Crippen molar-refractivity contribution in [1.29, 1.82) is 0 Å². The van der Waals surface area contributed by atoms with Crippen molar-refractivity contribution >= 4 is 5.91 Å². The van der Waals surface area contributed by atoms with Crippen molar-refractivity contribution in [3.8, 4) is 0 Å². The molecule has 0 bridgehead atoms. The smallest absolute Gasteiger partial charge is 0.243 e. The molecule has 0 aromatic heterocycles. The Labute approximate surface area is 166 Å². The zero-order valence-corrected chi connectivity index (χ0v) is 16.7. The first-order valence-electron chi connectivity index (χ1n) is 9.87. The molecule has 2 aliphatic rings. The number of hydrogen-bond donors (Lipinski definition) is 0. The number of allylic oxidation sites excluding steroid dienone is 4. The van der Waals surface area contributed by atoms with Crippen LogP contribution in [0.4, 0.5) is 4.39 Å². The van der Waals surface area contributed by atoms with Crippen molar-refractivity contribution < 1.29 is 13.9 Å². The van der Waals surface area contributed by atoms with Crippen LogP contribution < -0.4 is 0 Å². The average Bonchev–Trinajstić information content (AvgIpc) is 2.67. The highest BCUT2D eigenvalue weighted by Gasteiger charge is 2.36. The largest absolute Gasteiger partial charge is 0.369 e. The third-order valence-electron chi connectivity index (χ3n) is 5.59. The molecule has 1 aromatic rings. The predicted octanol–water partition coefficient (Wildman–Crippen LogP) is 4.56. The molecule has 2 unspecified atom stereocenters. The third kappa shape index (κ3) is 4.36. The summed E-state index contributed by atoms with van der Waals surface area (Å²) in [4.78, 5) is 12.8. The monoisotopic (exact) mass is 384 g/mol. The Balaban J connectivity index is 1.85. The Morgan fingerprint density at radius 3 is 2.82 bits per heavy atom. The summed E-state index contributed by atoms with van der Waals surface area (Å²) in [6.45, 7) is 6.90. The van der Waals surface area contributed by atoms with Crippen LogP contribution in [-0.2, 0) is 15.1 Å². The Morgan fingerprint density at radius 1 is 1.39 bits per heavy atom. The molecule has 4 nitrogen and oxygen atoms in total. The Bertz CT molecular complexity index is 771. The quantitative estimate of drug-likeness (QED) is 0.698. The van der Waals surface area contributed by atoms with Gasteiger partial charge in [0.25, 0.3) is 0 Å². The minimum absolute atomic E-state index is 0.0527. The molecule has 5 heteroatoms. The van der Waals surface area contributed by atoms with Crippen LogP contribution in [0.1, 0.15) is 38.2 Å². The van der Waals surface area contributed by atoms with Gasteiger partial charge in [-0.2, -0.15) is 0 Å². The van der Waals surface area contributed by atoms with E-state index >= 15 is 0 Å². The van der Waals surface area contributed by atoms with Crippen LogP contribution in [0, 0.1) is 11.7 Å². The fourth-order valence-corrected chi connectivity index (χ4v) is 3.97. The van der Waals surface area contributed by atoms with Gasteiger partial charge in [-0.05, 0) is 42.5 Å². The number of halogens is 1. The van der Waals surface area contributed by atoms with E-state index < -0.39 is 5.60 Å². The molecule has 0 radical (unpaired) electrons. The number of carbonyl (C=O) groups excluding carboxylic acids is 1. The summed E-state index contributed by atoms with van der Waals surface area (Å²) in [7, 11) is 1.95. The minimum Gasteiger partial charge on any atom is -0.369 e. The highest BCUT2D eigenvalue weighted by molar-refractivity contribution is 5.76. The molecule has 0 spiro atoms. The zero-order chi connectivity index (χ0) is 20.1. The standard InChI is InChI=1S/C23H29FN2O2/c1-4-13-23(19-8-10-20(24)11-9-19)14-15-26(22(27)12-16-28-23)25(3)21-7-5-6-18(2)17-21/h4-11,18H,1,12-17H2,2-3H3. The van der Waals surface area contributed by atoms with E-state index in [1.54, 1.807) is 12.1 Å². The van der Waals surface area contributed by atoms with E-state index in [1.807, 2.05) is 23.1 Å². The van der Waals surface area contributed by atoms with Gasteiger partial charge in [-0.25, -0.2) is 4.39 Å².